The average molecular weight is 175 g/mol. The zero-order valence-corrected chi connectivity index (χ0v) is 7.94. The predicted octanol–water partition coefficient (Wildman–Crippen LogP) is 2.40. The van der Waals surface area contributed by atoms with Crippen LogP contribution >= 0.6 is 0 Å². The third-order valence-corrected chi connectivity index (χ3v) is 2.39. The molecule has 3 heteroatoms. The van der Waals surface area contributed by atoms with Gasteiger partial charge in [-0.25, -0.2) is 4.68 Å². The fourth-order valence-corrected chi connectivity index (χ4v) is 1.39. The minimum absolute atomic E-state index is 0.424. The molecule has 3 nitrogen and oxygen atoms in total. The number of fused-ring (bicyclic) bond motifs is 1. The van der Waals surface area contributed by atoms with Crippen molar-refractivity contribution in [3.63, 3.8) is 0 Å². The van der Waals surface area contributed by atoms with Crippen LogP contribution in [0, 0.1) is 0 Å². The lowest BCUT2D eigenvalue weighted by Crippen LogP contribution is -2.05. The van der Waals surface area contributed by atoms with E-state index >= 15 is 0 Å². The summed E-state index contributed by atoms with van der Waals surface area (Å²) in [7, 11) is 0. The van der Waals surface area contributed by atoms with Crippen molar-refractivity contribution in [2.24, 2.45) is 0 Å². The van der Waals surface area contributed by atoms with Crippen molar-refractivity contribution >= 4 is 11.0 Å². The van der Waals surface area contributed by atoms with E-state index in [9.17, 15) is 0 Å². The monoisotopic (exact) mass is 175 g/mol. The average Bonchev–Trinajstić information content (AvgIpc) is 2.60. The molecule has 0 aliphatic heterocycles. The van der Waals surface area contributed by atoms with Crippen LogP contribution in [0.2, 0.25) is 0 Å². The summed E-state index contributed by atoms with van der Waals surface area (Å²) in [6.45, 7) is 4.31. The van der Waals surface area contributed by atoms with Gasteiger partial charge in [0.2, 0.25) is 0 Å². The van der Waals surface area contributed by atoms with E-state index in [2.05, 4.69) is 30.2 Å². The second-order valence-electron chi connectivity index (χ2n) is 3.28. The minimum atomic E-state index is 0.424. The first-order valence-corrected chi connectivity index (χ1v) is 4.63. The van der Waals surface area contributed by atoms with Crippen LogP contribution in [0.15, 0.2) is 24.3 Å². The largest absolute Gasteiger partial charge is 0.242 e. The summed E-state index contributed by atoms with van der Waals surface area (Å²) in [6, 6.07) is 8.47. The van der Waals surface area contributed by atoms with Gasteiger partial charge in [-0.15, -0.1) is 5.10 Å². The van der Waals surface area contributed by atoms with E-state index in [4.69, 9.17) is 0 Å². The van der Waals surface area contributed by atoms with Crippen LogP contribution in [0.4, 0.5) is 0 Å². The molecule has 1 unspecified atom stereocenters. The second kappa shape index (κ2) is 3.17. The number of nitrogens with zero attached hydrogens (tertiary/aromatic N) is 3. The molecule has 0 aliphatic carbocycles. The number of aromatic nitrogens is 3. The van der Waals surface area contributed by atoms with Crippen LogP contribution in [-0.4, -0.2) is 15.0 Å². The van der Waals surface area contributed by atoms with Gasteiger partial charge >= 0.3 is 0 Å². The van der Waals surface area contributed by atoms with Gasteiger partial charge in [0, 0.05) is 0 Å². The molecule has 0 saturated heterocycles. The molecule has 2 aromatic rings. The van der Waals surface area contributed by atoms with Crippen LogP contribution < -0.4 is 0 Å². The van der Waals surface area contributed by atoms with Gasteiger partial charge in [-0.3, -0.25) is 0 Å². The first-order valence-electron chi connectivity index (χ1n) is 4.63. The Morgan fingerprint density at radius 1 is 1.38 bits per heavy atom. The third-order valence-electron chi connectivity index (χ3n) is 2.39. The number of benzene rings is 1. The molecule has 1 aromatic heterocycles. The highest BCUT2D eigenvalue weighted by Gasteiger charge is 2.07. The molecule has 0 amide bonds. The molecule has 0 N–H and O–H groups in total. The highest BCUT2D eigenvalue weighted by Crippen LogP contribution is 2.16. The van der Waals surface area contributed by atoms with E-state index in [1.54, 1.807) is 0 Å². The number of hydrogen-bond donors (Lipinski definition) is 0. The highest BCUT2D eigenvalue weighted by molar-refractivity contribution is 5.73. The van der Waals surface area contributed by atoms with Crippen LogP contribution in [0.1, 0.15) is 26.3 Å². The van der Waals surface area contributed by atoms with Gasteiger partial charge in [-0.1, -0.05) is 24.3 Å². The maximum Gasteiger partial charge on any atom is 0.113 e. The van der Waals surface area contributed by atoms with Crippen LogP contribution in [0.3, 0.4) is 0 Å². The number of hydrogen-bond acceptors (Lipinski definition) is 2. The molecule has 0 spiro atoms. The maximum atomic E-state index is 4.13. The second-order valence-corrected chi connectivity index (χ2v) is 3.28. The molecule has 1 atom stereocenters. The van der Waals surface area contributed by atoms with E-state index in [-0.39, 0.29) is 0 Å². The van der Waals surface area contributed by atoms with E-state index in [0.717, 1.165) is 17.5 Å². The molecule has 0 fully saturated rings. The van der Waals surface area contributed by atoms with E-state index in [0.29, 0.717) is 6.04 Å². The lowest BCUT2D eigenvalue weighted by atomic mass is 10.2. The molecular formula is C10H13N3. The van der Waals surface area contributed by atoms with E-state index < -0.39 is 0 Å². The van der Waals surface area contributed by atoms with Crippen molar-refractivity contribution in [2.45, 2.75) is 26.3 Å². The summed E-state index contributed by atoms with van der Waals surface area (Å²) in [4.78, 5) is 0. The smallest absolute Gasteiger partial charge is 0.113 e. The van der Waals surface area contributed by atoms with Crippen molar-refractivity contribution in [3.8, 4) is 0 Å². The fraction of sp³-hybridized carbons (Fsp3) is 0.400. The van der Waals surface area contributed by atoms with Crippen molar-refractivity contribution in [1.29, 1.82) is 0 Å². The summed E-state index contributed by atoms with van der Waals surface area (Å²) in [5.74, 6) is 0. The molecule has 0 saturated carbocycles. The normalized spacial score (nSPS) is 13.4. The third kappa shape index (κ3) is 1.30. The zero-order valence-electron chi connectivity index (χ0n) is 7.94. The van der Waals surface area contributed by atoms with Gasteiger partial charge in [-0.05, 0) is 25.5 Å². The zero-order chi connectivity index (χ0) is 9.26. The molecule has 1 aromatic carbocycles. The summed E-state index contributed by atoms with van der Waals surface area (Å²) in [5, 5.41) is 8.23. The Labute approximate surface area is 77.4 Å². The first kappa shape index (κ1) is 8.23. The van der Waals surface area contributed by atoms with Crippen LogP contribution in [0.5, 0.6) is 0 Å². The van der Waals surface area contributed by atoms with Gasteiger partial charge in [0.1, 0.15) is 5.52 Å². The Kier molecular flexibility index (Phi) is 2.00. The van der Waals surface area contributed by atoms with E-state index in [1.165, 1.54) is 0 Å². The van der Waals surface area contributed by atoms with Gasteiger partial charge < -0.3 is 0 Å². The summed E-state index contributed by atoms with van der Waals surface area (Å²) in [5.41, 5.74) is 2.10. The number of para-hydroxylation sites is 1. The van der Waals surface area contributed by atoms with E-state index in [1.807, 2.05) is 22.9 Å². The highest BCUT2D eigenvalue weighted by atomic mass is 15.4. The molecule has 0 aliphatic rings. The van der Waals surface area contributed by atoms with Crippen molar-refractivity contribution in [2.75, 3.05) is 0 Å². The standard InChI is InChI=1S/C10H13N3/c1-3-8(2)13-10-7-5-4-6-9(10)11-12-13/h4-8H,3H2,1-2H3. The summed E-state index contributed by atoms with van der Waals surface area (Å²) < 4.78 is 1.98. The molecule has 68 valence electrons. The van der Waals surface area contributed by atoms with Crippen molar-refractivity contribution in [3.05, 3.63) is 24.3 Å². The predicted molar refractivity (Wildman–Crippen MR) is 52.5 cm³/mol. The SMILES string of the molecule is CCC(C)n1nnc2ccccc21. The Hall–Kier alpha value is -1.38. The lowest BCUT2D eigenvalue weighted by molar-refractivity contribution is 0.478. The summed E-state index contributed by atoms with van der Waals surface area (Å²) >= 11 is 0. The van der Waals surface area contributed by atoms with Crippen molar-refractivity contribution < 1.29 is 0 Å². The minimum Gasteiger partial charge on any atom is -0.242 e. The Morgan fingerprint density at radius 3 is 2.92 bits per heavy atom. The van der Waals surface area contributed by atoms with Gasteiger partial charge in [-0.2, -0.15) is 0 Å². The maximum absolute atomic E-state index is 4.13. The molecule has 2 rings (SSSR count). The van der Waals surface area contributed by atoms with Gasteiger partial charge in [0.25, 0.3) is 0 Å². The first-order chi connectivity index (χ1) is 6.33. The lowest BCUT2D eigenvalue weighted by Gasteiger charge is -2.08. The molecular weight excluding hydrogens is 162 g/mol. The Morgan fingerprint density at radius 2 is 2.15 bits per heavy atom. The van der Waals surface area contributed by atoms with Crippen LogP contribution in [0.25, 0.3) is 11.0 Å². The molecule has 13 heavy (non-hydrogen) atoms. The molecule has 0 radical (unpaired) electrons. The summed E-state index contributed by atoms with van der Waals surface area (Å²) in [6.07, 6.45) is 1.08. The topological polar surface area (TPSA) is 30.7 Å². The Bertz CT molecular complexity index is 405. The van der Waals surface area contributed by atoms with Crippen LogP contribution in [-0.2, 0) is 0 Å². The Balaban J connectivity index is 2.57. The van der Waals surface area contributed by atoms with Crippen molar-refractivity contribution in [1.82, 2.24) is 15.0 Å². The quantitative estimate of drug-likeness (QED) is 0.701. The van der Waals surface area contributed by atoms with Gasteiger partial charge in [0.15, 0.2) is 0 Å². The van der Waals surface area contributed by atoms with Gasteiger partial charge in [0.05, 0.1) is 11.6 Å². The molecule has 1 heterocycles. The fourth-order valence-electron chi connectivity index (χ4n) is 1.39. The number of rotatable bonds is 2. The molecule has 0 bridgehead atoms.